The minimum Gasteiger partial charge on any atom is -0.248 e. The van der Waals surface area contributed by atoms with Crippen molar-refractivity contribution >= 4 is 22.7 Å². The monoisotopic (exact) mass is 387 g/mol. The van der Waals surface area contributed by atoms with E-state index in [1.807, 2.05) is 17.8 Å². The number of hydrogen-bond donors (Lipinski definition) is 0. The number of hydrogen-bond acceptors (Lipinski definition) is 2. The molecule has 0 radical (unpaired) electrons. The van der Waals surface area contributed by atoms with E-state index in [-0.39, 0.29) is 0 Å². The Hall–Kier alpha value is -3.36. The minimum absolute atomic E-state index is 1.01. The molecule has 2 heterocycles. The summed E-state index contributed by atoms with van der Waals surface area (Å²) in [6, 6.07) is 36.7. The number of rotatable bonds is 1. The summed E-state index contributed by atoms with van der Waals surface area (Å²) in [6.45, 7) is 0. The number of fused-ring (bicyclic) bond motifs is 6. The number of pyridine rings is 1. The molecule has 0 bridgehead atoms. The third-order valence-electron chi connectivity index (χ3n) is 5.49. The first-order valence-electron chi connectivity index (χ1n) is 9.74. The zero-order valence-electron chi connectivity index (χ0n) is 15.7. The fourth-order valence-electron chi connectivity index (χ4n) is 4.07. The van der Waals surface area contributed by atoms with Crippen molar-refractivity contribution in [2.45, 2.75) is 9.79 Å². The van der Waals surface area contributed by atoms with E-state index in [2.05, 4.69) is 97.1 Å². The van der Waals surface area contributed by atoms with Gasteiger partial charge in [0.1, 0.15) is 0 Å². The molecule has 0 N–H and O–H groups in total. The Bertz CT molecular complexity index is 1390. The summed E-state index contributed by atoms with van der Waals surface area (Å²) in [6.07, 6.45) is 0. The lowest BCUT2D eigenvalue weighted by molar-refractivity contribution is 1.37. The van der Waals surface area contributed by atoms with Crippen molar-refractivity contribution in [3.8, 4) is 33.5 Å². The average Bonchev–Trinajstić information content (AvgIpc) is 2.93. The molecular weight excluding hydrogens is 370 g/mol. The van der Waals surface area contributed by atoms with E-state index in [0.29, 0.717) is 0 Å². The standard InChI is InChI=1S/C27H17NS/c1-5-11-24-18(7-1)13-15-25(28-24)19-14-16-27-23(17-19)21-9-3-2-8-20(21)22-10-4-6-12-26(22)29-27/h1-17H. The molecule has 0 saturated carbocycles. The summed E-state index contributed by atoms with van der Waals surface area (Å²) < 4.78 is 0. The van der Waals surface area contributed by atoms with Gasteiger partial charge in [-0.25, -0.2) is 4.98 Å². The second-order valence-corrected chi connectivity index (χ2v) is 8.33. The number of aromatic nitrogens is 1. The van der Waals surface area contributed by atoms with E-state index >= 15 is 0 Å². The minimum atomic E-state index is 1.01. The van der Waals surface area contributed by atoms with Gasteiger partial charge in [0.15, 0.2) is 0 Å². The van der Waals surface area contributed by atoms with Crippen LogP contribution < -0.4 is 0 Å². The maximum atomic E-state index is 4.91. The highest BCUT2D eigenvalue weighted by molar-refractivity contribution is 7.99. The Morgan fingerprint density at radius 2 is 1.21 bits per heavy atom. The van der Waals surface area contributed by atoms with Gasteiger partial charge in [-0.05, 0) is 52.6 Å². The van der Waals surface area contributed by atoms with E-state index in [9.17, 15) is 0 Å². The lowest BCUT2D eigenvalue weighted by Gasteiger charge is -2.11. The van der Waals surface area contributed by atoms with Crippen LogP contribution in [0.4, 0.5) is 0 Å². The Labute approximate surface area is 174 Å². The van der Waals surface area contributed by atoms with E-state index < -0.39 is 0 Å². The summed E-state index contributed by atoms with van der Waals surface area (Å²) in [5.74, 6) is 0. The van der Waals surface area contributed by atoms with Crippen molar-refractivity contribution in [3.05, 3.63) is 103 Å². The van der Waals surface area contributed by atoms with Crippen LogP contribution in [0.25, 0.3) is 44.4 Å². The molecule has 0 amide bonds. The highest BCUT2D eigenvalue weighted by Crippen LogP contribution is 2.48. The van der Waals surface area contributed by atoms with E-state index in [4.69, 9.17) is 4.98 Å². The van der Waals surface area contributed by atoms with Gasteiger partial charge in [-0.3, -0.25) is 0 Å². The highest BCUT2D eigenvalue weighted by atomic mass is 32.2. The Morgan fingerprint density at radius 1 is 0.517 bits per heavy atom. The molecule has 1 nitrogen and oxygen atoms in total. The van der Waals surface area contributed by atoms with Crippen molar-refractivity contribution in [2.24, 2.45) is 0 Å². The number of nitrogens with zero attached hydrogens (tertiary/aromatic N) is 1. The summed E-state index contributed by atoms with van der Waals surface area (Å²) in [7, 11) is 0. The summed E-state index contributed by atoms with van der Waals surface area (Å²) in [5, 5.41) is 1.17. The molecule has 2 heteroatoms. The maximum Gasteiger partial charge on any atom is 0.0709 e. The van der Waals surface area contributed by atoms with Gasteiger partial charge in [0, 0.05) is 20.7 Å². The summed E-state index contributed by atoms with van der Waals surface area (Å²) >= 11 is 1.85. The van der Waals surface area contributed by atoms with E-state index in [1.54, 1.807) is 0 Å². The topological polar surface area (TPSA) is 12.9 Å². The van der Waals surface area contributed by atoms with Gasteiger partial charge in [0.25, 0.3) is 0 Å². The van der Waals surface area contributed by atoms with Gasteiger partial charge in [-0.15, -0.1) is 0 Å². The number of benzene rings is 4. The van der Waals surface area contributed by atoms with Gasteiger partial charge >= 0.3 is 0 Å². The van der Waals surface area contributed by atoms with E-state index in [0.717, 1.165) is 16.8 Å². The molecule has 0 spiro atoms. The molecule has 1 aliphatic rings. The Balaban J connectivity index is 1.57. The molecule has 0 fully saturated rings. The van der Waals surface area contributed by atoms with Gasteiger partial charge in [0.2, 0.25) is 0 Å². The second kappa shape index (κ2) is 6.61. The molecule has 0 atom stereocenters. The third-order valence-corrected chi connectivity index (χ3v) is 6.64. The Kier molecular flexibility index (Phi) is 3.78. The quantitative estimate of drug-likeness (QED) is 0.287. The molecule has 0 saturated heterocycles. The smallest absolute Gasteiger partial charge is 0.0709 e. The van der Waals surface area contributed by atoms with Gasteiger partial charge in [0.05, 0.1) is 11.2 Å². The van der Waals surface area contributed by atoms with Crippen molar-refractivity contribution < 1.29 is 0 Å². The predicted molar refractivity (Wildman–Crippen MR) is 122 cm³/mol. The van der Waals surface area contributed by atoms with Gasteiger partial charge in [-0.1, -0.05) is 84.6 Å². The zero-order valence-corrected chi connectivity index (χ0v) is 16.5. The van der Waals surface area contributed by atoms with Crippen LogP contribution in [0.1, 0.15) is 0 Å². The fraction of sp³-hybridized carbons (Fsp3) is 0. The summed E-state index contributed by atoms with van der Waals surface area (Å²) in [5.41, 5.74) is 8.33. The molecule has 4 aromatic carbocycles. The van der Waals surface area contributed by atoms with E-state index in [1.165, 1.54) is 37.4 Å². The molecule has 29 heavy (non-hydrogen) atoms. The summed E-state index contributed by atoms with van der Waals surface area (Å²) in [4.78, 5) is 7.49. The van der Waals surface area contributed by atoms with Crippen LogP contribution in [0.15, 0.2) is 113 Å². The average molecular weight is 388 g/mol. The second-order valence-electron chi connectivity index (χ2n) is 7.24. The van der Waals surface area contributed by atoms with Crippen molar-refractivity contribution in [1.29, 1.82) is 0 Å². The molecule has 1 aliphatic heterocycles. The molecular formula is C27H17NS. The molecule has 6 rings (SSSR count). The largest absolute Gasteiger partial charge is 0.248 e. The normalized spacial score (nSPS) is 12.0. The van der Waals surface area contributed by atoms with Gasteiger partial charge < -0.3 is 0 Å². The first kappa shape index (κ1) is 16.6. The van der Waals surface area contributed by atoms with Crippen LogP contribution in [-0.2, 0) is 0 Å². The van der Waals surface area contributed by atoms with Crippen LogP contribution in [0.3, 0.4) is 0 Å². The lowest BCUT2D eigenvalue weighted by Crippen LogP contribution is -1.88. The zero-order chi connectivity index (χ0) is 19.2. The first-order chi connectivity index (χ1) is 14.4. The first-order valence-corrected chi connectivity index (χ1v) is 10.6. The Morgan fingerprint density at radius 3 is 2.10 bits per heavy atom. The predicted octanol–water partition coefficient (Wildman–Crippen LogP) is 7.70. The highest BCUT2D eigenvalue weighted by Gasteiger charge is 2.20. The molecule has 0 unspecified atom stereocenters. The molecule has 136 valence electrons. The van der Waals surface area contributed by atoms with Crippen molar-refractivity contribution in [2.75, 3.05) is 0 Å². The van der Waals surface area contributed by atoms with Crippen LogP contribution in [-0.4, -0.2) is 4.98 Å². The van der Waals surface area contributed by atoms with Crippen molar-refractivity contribution in [1.82, 2.24) is 4.98 Å². The van der Waals surface area contributed by atoms with Crippen LogP contribution in [0, 0.1) is 0 Å². The molecule has 0 aliphatic carbocycles. The van der Waals surface area contributed by atoms with Crippen molar-refractivity contribution in [3.63, 3.8) is 0 Å². The van der Waals surface area contributed by atoms with Crippen LogP contribution in [0.5, 0.6) is 0 Å². The SMILES string of the molecule is c1ccc2c(c1)Sc1ccc(-c3ccc4ccccc4n3)cc1-c1ccccc1-2. The van der Waals surface area contributed by atoms with Crippen LogP contribution in [0.2, 0.25) is 0 Å². The van der Waals surface area contributed by atoms with Gasteiger partial charge in [-0.2, -0.15) is 0 Å². The molecule has 5 aromatic rings. The lowest BCUT2D eigenvalue weighted by atomic mass is 9.93. The third kappa shape index (κ3) is 2.76. The number of para-hydroxylation sites is 1. The van der Waals surface area contributed by atoms with Crippen LogP contribution >= 0.6 is 11.8 Å². The molecule has 1 aromatic heterocycles. The maximum absolute atomic E-state index is 4.91. The fourth-order valence-corrected chi connectivity index (χ4v) is 5.15.